The number of unbranched alkanes of at least 4 members (excludes halogenated alkanes) is 10. The molecular formula is C20H38O6. The lowest BCUT2D eigenvalue weighted by Crippen LogP contribution is -2.38. The maximum atomic E-state index is 10.8. The lowest BCUT2D eigenvalue weighted by molar-refractivity contribution is -0.150. The molecule has 4 N–H and O–H groups in total. The number of carbonyl (C=O) groups is 2. The van der Waals surface area contributed by atoms with E-state index in [1.165, 1.54) is 51.4 Å². The number of aliphatic hydroxyl groups excluding tert-OH is 1. The third kappa shape index (κ3) is 15.1. The van der Waals surface area contributed by atoms with Crippen LogP contribution in [0.1, 0.15) is 103 Å². The Balaban J connectivity index is 3.78. The van der Waals surface area contributed by atoms with Crippen LogP contribution in [0.25, 0.3) is 0 Å². The smallest absolute Gasteiger partial charge is 0.306 e. The molecule has 0 aromatic carbocycles. The van der Waals surface area contributed by atoms with Gasteiger partial charge in [-0.15, -0.1) is 0 Å². The van der Waals surface area contributed by atoms with Gasteiger partial charge in [0.2, 0.25) is 0 Å². The fraction of sp³-hybridized carbons (Fsp3) is 0.900. The highest BCUT2D eigenvalue weighted by molar-refractivity contribution is 5.72. The van der Waals surface area contributed by atoms with E-state index in [-0.39, 0.29) is 6.42 Å². The van der Waals surface area contributed by atoms with E-state index in [0.717, 1.165) is 19.3 Å². The van der Waals surface area contributed by atoms with Crippen LogP contribution >= 0.6 is 0 Å². The SMILES string of the molecule is CCCCCCCCCCCCCC(O)CC(O)(CC(=O)O)CC(=O)O. The van der Waals surface area contributed by atoms with Crippen LogP contribution in [-0.2, 0) is 9.59 Å². The fourth-order valence-corrected chi connectivity index (χ4v) is 3.35. The Kier molecular flexibility index (Phi) is 14.3. The van der Waals surface area contributed by atoms with E-state index in [1.54, 1.807) is 0 Å². The molecule has 26 heavy (non-hydrogen) atoms. The summed E-state index contributed by atoms with van der Waals surface area (Å²) in [5.41, 5.74) is -1.89. The summed E-state index contributed by atoms with van der Waals surface area (Å²) in [4.78, 5) is 21.6. The Morgan fingerprint density at radius 3 is 1.54 bits per heavy atom. The highest BCUT2D eigenvalue weighted by Gasteiger charge is 2.35. The molecule has 0 aromatic rings. The summed E-state index contributed by atoms with van der Waals surface area (Å²) in [5.74, 6) is -2.54. The minimum Gasteiger partial charge on any atom is -0.481 e. The van der Waals surface area contributed by atoms with Crippen molar-refractivity contribution in [3.8, 4) is 0 Å². The van der Waals surface area contributed by atoms with Crippen LogP contribution in [0.5, 0.6) is 0 Å². The minimum atomic E-state index is -1.89. The van der Waals surface area contributed by atoms with Gasteiger partial charge in [0.05, 0.1) is 24.5 Å². The van der Waals surface area contributed by atoms with Gasteiger partial charge in [0.15, 0.2) is 0 Å². The zero-order chi connectivity index (χ0) is 19.8. The van der Waals surface area contributed by atoms with Crippen molar-refractivity contribution in [2.24, 2.45) is 0 Å². The Hall–Kier alpha value is -1.14. The Morgan fingerprint density at radius 1 is 0.769 bits per heavy atom. The molecule has 1 unspecified atom stereocenters. The van der Waals surface area contributed by atoms with Crippen molar-refractivity contribution in [2.75, 3.05) is 0 Å². The summed E-state index contributed by atoms with van der Waals surface area (Å²) in [7, 11) is 0. The first-order valence-corrected chi connectivity index (χ1v) is 10.1. The highest BCUT2D eigenvalue weighted by atomic mass is 16.4. The van der Waals surface area contributed by atoms with Gasteiger partial charge in [0.25, 0.3) is 0 Å². The number of aliphatic hydroxyl groups is 2. The molecule has 0 spiro atoms. The second-order valence-corrected chi connectivity index (χ2v) is 7.55. The molecule has 0 aliphatic heterocycles. The molecular weight excluding hydrogens is 336 g/mol. The molecule has 1 atom stereocenters. The van der Waals surface area contributed by atoms with Gasteiger partial charge in [-0.05, 0) is 6.42 Å². The summed E-state index contributed by atoms with van der Waals surface area (Å²) in [5, 5.41) is 37.8. The van der Waals surface area contributed by atoms with Gasteiger partial charge in [-0.25, -0.2) is 0 Å². The number of carboxylic acid groups (broad SMARTS) is 2. The third-order valence-electron chi connectivity index (χ3n) is 4.72. The summed E-state index contributed by atoms with van der Waals surface area (Å²) < 4.78 is 0. The first-order valence-electron chi connectivity index (χ1n) is 10.1. The lowest BCUT2D eigenvalue weighted by atomic mass is 9.87. The fourth-order valence-electron chi connectivity index (χ4n) is 3.35. The van der Waals surface area contributed by atoms with Crippen molar-refractivity contribution >= 4 is 11.9 Å². The molecule has 6 heteroatoms. The lowest BCUT2D eigenvalue weighted by Gasteiger charge is -2.27. The predicted octanol–water partition coefficient (Wildman–Crippen LogP) is 4.12. The first-order chi connectivity index (χ1) is 12.3. The maximum absolute atomic E-state index is 10.8. The van der Waals surface area contributed by atoms with Crippen LogP contribution in [0.2, 0.25) is 0 Å². The summed E-state index contributed by atoms with van der Waals surface area (Å²) >= 11 is 0. The second kappa shape index (κ2) is 15.0. The molecule has 0 fully saturated rings. The van der Waals surface area contributed by atoms with E-state index in [1.807, 2.05) is 0 Å². The van der Waals surface area contributed by atoms with Gasteiger partial charge in [-0.3, -0.25) is 9.59 Å². The van der Waals surface area contributed by atoms with Crippen molar-refractivity contribution < 1.29 is 30.0 Å². The van der Waals surface area contributed by atoms with Crippen LogP contribution in [0.3, 0.4) is 0 Å². The van der Waals surface area contributed by atoms with Crippen molar-refractivity contribution in [2.45, 2.75) is 115 Å². The number of aliphatic carboxylic acids is 2. The normalized spacial score (nSPS) is 12.9. The van der Waals surface area contributed by atoms with Crippen molar-refractivity contribution in [3.05, 3.63) is 0 Å². The second-order valence-electron chi connectivity index (χ2n) is 7.55. The predicted molar refractivity (Wildman–Crippen MR) is 101 cm³/mol. The molecule has 0 saturated heterocycles. The molecule has 0 aliphatic rings. The van der Waals surface area contributed by atoms with E-state index in [0.29, 0.717) is 6.42 Å². The molecule has 0 heterocycles. The maximum Gasteiger partial charge on any atom is 0.306 e. The van der Waals surface area contributed by atoms with Crippen LogP contribution < -0.4 is 0 Å². The molecule has 0 aromatic heterocycles. The largest absolute Gasteiger partial charge is 0.481 e. The van der Waals surface area contributed by atoms with Gasteiger partial charge in [-0.1, -0.05) is 77.6 Å². The van der Waals surface area contributed by atoms with Gasteiger partial charge in [0.1, 0.15) is 0 Å². The van der Waals surface area contributed by atoms with Gasteiger partial charge < -0.3 is 20.4 Å². The molecule has 0 saturated carbocycles. The van der Waals surface area contributed by atoms with E-state index in [2.05, 4.69) is 6.92 Å². The highest BCUT2D eigenvalue weighted by Crippen LogP contribution is 2.24. The number of carboxylic acids is 2. The summed E-state index contributed by atoms with van der Waals surface area (Å²) in [6.07, 6.45) is 11.2. The first kappa shape index (κ1) is 24.9. The Bertz CT molecular complexity index is 366. The van der Waals surface area contributed by atoms with Gasteiger partial charge in [0, 0.05) is 6.42 Å². The summed E-state index contributed by atoms with van der Waals surface area (Å²) in [6.45, 7) is 2.22. The van der Waals surface area contributed by atoms with Crippen LogP contribution in [-0.4, -0.2) is 44.1 Å². The zero-order valence-electron chi connectivity index (χ0n) is 16.3. The Morgan fingerprint density at radius 2 is 1.15 bits per heavy atom. The van der Waals surface area contributed by atoms with Gasteiger partial charge >= 0.3 is 11.9 Å². The van der Waals surface area contributed by atoms with E-state index < -0.39 is 36.5 Å². The van der Waals surface area contributed by atoms with Crippen LogP contribution in [0, 0.1) is 0 Å². The number of hydrogen-bond acceptors (Lipinski definition) is 4. The Labute approximate surface area is 157 Å². The number of rotatable bonds is 18. The van der Waals surface area contributed by atoms with Crippen LogP contribution in [0.4, 0.5) is 0 Å². The molecule has 6 nitrogen and oxygen atoms in total. The van der Waals surface area contributed by atoms with Crippen LogP contribution in [0.15, 0.2) is 0 Å². The van der Waals surface area contributed by atoms with E-state index >= 15 is 0 Å². The molecule has 154 valence electrons. The average molecular weight is 375 g/mol. The van der Waals surface area contributed by atoms with Gasteiger partial charge in [-0.2, -0.15) is 0 Å². The quantitative estimate of drug-likeness (QED) is 0.268. The molecule has 0 rings (SSSR count). The van der Waals surface area contributed by atoms with E-state index in [4.69, 9.17) is 10.2 Å². The number of hydrogen-bond donors (Lipinski definition) is 4. The molecule has 0 radical (unpaired) electrons. The summed E-state index contributed by atoms with van der Waals surface area (Å²) in [6, 6.07) is 0. The van der Waals surface area contributed by atoms with Crippen molar-refractivity contribution in [1.29, 1.82) is 0 Å². The molecule has 0 bridgehead atoms. The molecule has 0 aliphatic carbocycles. The topological polar surface area (TPSA) is 115 Å². The average Bonchev–Trinajstić information content (AvgIpc) is 2.50. The zero-order valence-corrected chi connectivity index (χ0v) is 16.3. The standard InChI is InChI=1S/C20H38O6/c1-2-3-4-5-6-7-8-9-10-11-12-13-17(21)14-20(26,15-18(22)23)16-19(24)25/h17,21,26H,2-16H2,1H3,(H,22,23)(H,24,25). The van der Waals surface area contributed by atoms with Crippen molar-refractivity contribution in [3.63, 3.8) is 0 Å². The molecule has 0 amide bonds. The van der Waals surface area contributed by atoms with E-state index in [9.17, 15) is 19.8 Å². The minimum absolute atomic E-state index is 0.219. The van der Waals surface area contributed by atoms with Crippen molar-refractivity contribution in [1.82, 2.24) is 0 Å². The monoisotopic (exact) mass is 374 g/mol. The third-order valence-corrected chi connectivity index (χ3v) is 4.72.